The fraction of sp³-hybridized carbons (Fsp3) is 0.250. The quantitative estimate of drug-likeness (QED) is 0.453. The van der Waals surface area contributed by atoms with Crippen LogP contribution in [-0.2, 0) is 14.3 Å². The molecular formula is C20H22N2O4S. The Morgan fingerprint density at radius 2 is 1.56 bits per heavy atom. The highest BCUT2D eigenvalue weighted by atomic mass is 32.2. The molecule has 0 aliphatic carbocycles. The van der Waals surface area contributed by atoms with Gasteiger partial charge in [-0.2, -0.15) is 0 Å². The first-order valence-corrected chi connectivity index (χ1v) is 9.34. The second-order valence-corrected chi connectivity index (χ2v) is 7.38. The number of hydrogen-bond acceptors (Lipinski definition) is 5. The lowest BCUT2D eigenvalue weighted by Crippen LogP contribution is -2.47. The third-order valence-corrected chi connectivity index (χ3v) is 4.75. The zero-order valence-corrected chi connectivity index (χ0v) is 16.2. The lowest BCUT2D eigenvalue weighted by atomic mass is 10.2. The summed E-state index contributed by atoms with van der Waals surface area (Å²) in [4.78, 5) is 37.0. The van der Waals surface area contributed by atoms with Crippen molar-refractivity contribution < 1.29 is 19.1 Å². The van der Waals surface area contributed by atoms with Gasteiger partial charge in [0, 0.05) is 10.5 Å². The fourth-order valence-electron chi connectivity index (χ4n) is 2.07. The van der Waals surface area contributed by atoms with Gasteiger partial charge in [-0.15, -0.1) is 11.8 Å². The molecule has 0 saturated carbocycles. The number of carbonyl (C=O) groups excluding carboxylic acids is 3. The Hall–Kier alpha value is -2.80. The average molecular weight is 386 g/mol. The monoisotopic (exact) mass is 386 g/mol. The van der Waals surface area contributed by atoms with E-state index >= 15 is 0 Å². The van der Waals surface area contributed by atoms with Crippen LogP contribution >= 0.6 is 11.8 Å². The van der Waals surface area contributed by atoms with Gasteiger partial charge in [0.05, 0.1) is 0 Å². The lowest BCUT2D eigenvalue weighted by Gasteiger charge is -2.17. The molecule has 0 aliphatic heterocycles. The summed E-state index contributed by atoms with van der Waals surface area (Å²) < 4.78 is 5.18. The second-order valence-electron chi connectivity index (χ2n) is 5.96. The molecular weight excluding hydrogens is 364 g/mol. The lowest BCUT2D eigenvalue weighted by molar-refractivity contribution is -0.154. The summed E-state index contributed by atoms with van der Waals surface area (Å²) in [6, 6.07) is 16.2. The van der Waals surface area contributed by atoms with Crippen molar-refractivity contribution in [3.8, 4) is 0 Å². The number of amides is 2. The van der Waals surface area contributed by atoms with Crippen LogP contribution in [0.2, 0.25) is 0 Å². The average Bonchev–Trinajstić information content (AvgIpc) is 2.68. The van der Waals surface area contributed by atoms with Crippen LogP contribution in [0.4, 0.5) is 0 Å². The Kier molecular flexibility index (Phi) is 7.43. The van der Waals surface area contributed by atoms with Gasteiger partial charge in [0.15, 0.2) is 6.10 Å². The highest BCUT2D eigenvalue weighted by Gasteiger charge is 2.23. The van der Waals surface area contributed by atoms with Crippen LogP contribution in [0.3, 0.4) is 0 Å². The molecule has 0 saturated heterocycles. The molecule has 0 radical (unpaired) electrons. The number of hydrazine groups is 1. The van der Waals surface area contributed by atoms with Crippen molar-refractivity contribution in [3.63, 3.8) is 0 Å². The first kappa shape index (κ1) is 20.5. The van der Waals surface area contributed by atoms with E-state index in [0.29, 0.717) is 5.56 Å². The van der Waals surface area contributed by atoms with Crippen LogP contribution in [0.1, 0.15) is 29.8 Å². The van der Waals surface area contributed by atoms with Crippen LogP contribution in [0, 0.1) is 6.92 Å². The maximum absolute atomic E-state index is 12.2. The summed E-state index contributed by atoms with van der Waals surface area (Å²) in [5, 5.41) is -0.470. The van der Waals surface area contributed by atoms with E-state index in [4.69, 9.17) is 4.74 Å². The third kappa shape index (κ3) is 6.45. The first-order valence-electron chi connectivity index (χ1n) is 8.46. The van der Waals surface area contributed by atoms with Crippen molar-refractivity contribution in [2.45, 2.75) is 37.0 Å². The molecule has 142 valence electrons. The molecule has 0 aliphatic rings. The zero-order chi connectivity index (χ0) is 19.8. The summed E-state index contributed by atoms with van der Waals surface area (Å²) in [6.07, 6.45) is -1.03. The molecule has 2 N–H and O–H groups in total. The SMILES string of the molecule is Cc1ccc(S[C@H](C)C(=O)O[C@H](C)C(=O)NNC(=O)c2ccccc2)cc1. The van der Waals surface area contributed by atoms with E-state index in [1.54, 1.807) is 37.3 Å². The van der Waals surface area contributed by atoms with Gasteiger partial charge < -0.3 is 4.74 Å². The summed E-state index contributed by atoms with van der Waals surface area (Å²) >= 11 is 1.35. The number of carbonyl (C=O) groups is 3. The number of benzene rings is 2. The molecule has 2 atom stereocenters. The zero-order valence-electron chi connectivity index (χ0n) is 15.4. The van der Waals surface area contributed by atoms with E-state index in [0.717, 1.165) is 10.5 Å². The van der Waals surface area contributed by atoms with Crippen LogP contribution in [-0.4, -0.2) is 29.1 Å². The van der Waals surface area contributed by atoms with Gasteiger partial charge in [-0.25, -0.2) is 0 Å². The van der Waals surface area contributed by atoms with E-state index in [2.05, 4.69) is 10.9 Å². The molecule has 27 heavy (non-hydrogen) atoms. The topological polar surface area (TPSA) is 84.5 Å². The standard InChI is InChI=1S/C20H22N2O4S/c1-13-9-11-17(12-10-13)27-15(3)20(25)26-14(2)18(23)21-22-19(24)16-7-5-4-6-8-16/h4-12,14-15H,1-3H3,(H,21,23)(H,22,24)/t14-,15-/m1/s1. The number of thioether (sulfide) groups is 1. The van der Waals surface area contributed by atoms with Gasteiger partial charge >= 0.3 is 5.97 Å². The van der Waals surface area contributed by atoms with E-state index in [1.807, 2.05) is 31.2 Å². The first-order chi connectivity index (χ1) is 12.9. The number of aryl methyl sites for hydroxylation is 1. The molecule has 2 rings (SSSR count). The number of ether oxygens (including phenoxy) is 1. The molecule has 0 bridgehead atoms. The fourth-order valence-corrected chi connectivity index (χ4v) is 2.93. The molecule has 0 unspecified atom stereocenters. The maximum atomic E-state index is 12.2. The highest BCUT2D eigenvalue weighted by Crippen LogP contribution is 2.24. The van der Waals surface area contributed by atoms with E-state index in [1.165, 1.54) is 18.7 Å². The van der Waals surface area contributed by atoms with Crippen molar-refractivity contribution in [1.82, 2.24) is 10.9 Å². The predicted molar refractivity (Wildman–Crippen MR) is 104 cm³/mol. The van der Waals surface area contributed by atoms with Crippen molar-refractivity contribution >= 4 is 29.5 Å². The Bertz CT molecular complexity index is 793. The Morgan fingerprint density at radius 1 is 0.926 bits per heavy atom. The van der Waals surface area contributed by atoms with Gasteiger partial charge in [0.2, 0.25) is 0 Å². The molecule has 0 spiro atoms. The van der Waals surface area contributed by atoms with E-state index in [9.17, 15) is 14.4 Å². The molecule has 6 nitrogen and oxygen atoms in total. The van der Waals surface area contributed by atoms with Gasteiger partial charge in [-0.05, 0) is 45.0 Å². The number of esters is 1. The van der Waals surface area contributed by atoms with Crippen LogP contribution < -0.4 is 10.9 Å². The second kappa shape index (κ2) is 9.78. The summed E-state index contributed by atoms with van der Waals surface area (Å²) in [6.45, 7) is 5.16. The van der Waals surface area contributed by atoms with Gasteiger partial charge in [-0.1, -0.05) is 35.9 Å². The predicted octanol–water partition coefficient (Wildman–Crippen LogP) is 2.87. The summed E-state index contributed by atoms with van der Waals surface area (Å²) in [7, 11) is 0. The number of hydrogen-bond donors (Lipinski definition) is 2. The number of nitrogens with one attached hydrogen (secondary N) is 2. The highest BCUT2D eigenvalue weighted by molar-refractivity contribution is 8.00. The van der Waals surface area contributed by atoms with Gasteiger partial charge in [0.1, 0.15) is 5.25 Å². The molecule has 7 heteroatoms. The third-order valence-electron chi connectivity index (χ3n) is 3.66. The smallest absolute Gasteiger partial charge is 0.319 e. The van der Waals surface area contributed by atoms with Gasteiger partial charge in [-0.3, -0.25) is 25.2 Å². The molecule has 0 aromatic heterocycles. The van der Waals surface area contributed by atoms with Crippen molar-refractivity contribution in [2.24, 2.45) is 0 Å². The minimum absolute atomic E-state index is 0.408. The molecule has 2 aromatic carbocycles. The van der Waals surface area contributed by atoms with Crippen molar-refractivity contribution in [3.05, 3.63) is 65.7 Å². The minimum atomic E-state index is -1.03. The molecule has 2 amide bonds. The van der Waals surface area contributed by atoms with Crippen molar-refractivity contribution in [1.29, 1.82) is 0 Å². The normalized spacial score (nSPS) is 12.6. The maximum Gasteiger partial charge on any atom is 0.319 e. The van der Waals surface area contributed by atoms with Crippen molar-refractivity contribution in [2.75, 3.05) is 0 Å². The minimum Gasteiger partial charge on any atom is -0.452 e. The van der Waals surface area contributed by atoms with Crippen LogP contribution in [0.5, 0.6) is 0 Å². The van der Waals surface area contributed by atoms with E-state index in [-0.39, 0.29) is 0 Å². The molecule has 0 fully saturated rings. The Balaban J connectivity index is 1.79. The molecule has 2 aromatic rings. The molecule has 0 heterocycles. The van der Waals surface area contributed by atoms with E-state index < -0.39 is 29.1 Å². The van der Waals surface area contributed by atoms with Crippen LogP contribution in [0.15, 0.2) is 59.5 Å². The summed E-state index contributed by atoms with van der Waals surface area (Å²) in [5.41, 5.74) is 6.10. The Labute approximate surface area is 162 Å². The van der Waals surface area contributed by atoms with Crippen LogP contribution in [0.25, 0.3) is 0 Å². The Morgan fingerprint density at radius 3 is 2.19 bits per heavy atom. The number of rotatable bonds is 6. The summed E-state index contributed by atoms with van der Waals surface area (Å²) in [5.74, 6) is -1.57. The largest absolute Gasteiger partial charge is 0.452 e. The van der Waals surface area contributed by atoms with Gasteiger partial charge in [0.25, 0.3) is 11.8 Å².